The van der Waals surface area contributed by atoms with Crippen LogP contribution in [0, 0.1) is 0 Å². The number of anilines is 3. The molecule has 10 aromatic carbocycles. The predicted molar refractivity (Wildman–Crippen MR) is 212 cm³/mol. The second-order valence-electron chi connectivity index (χ2n) is 12.9. The Morgan fingerprint density at radius 2 is 0.837 bits per heavy atom. The van der Waals surface area contributed by atoms with Crippen LogP contribution in [0.5, 0.6) is 0 Å². The maximum absolute atomic E-state index is 2.47. The van der Waals surface area contributed by atoms with Gasteiger partial charge in [-0.2, -0.15) is 0 Å². The van der Waals surface area contributed by atoms with Crippen LogP contribution in [0.15, 0.2) is 188 Å². The van der Waals surface area contributed by atoms with Gasteiger partial charge in [-0.1, -0.05) is 158 Å². The molecule has 0 heterocycles. The third kappa shape index (κ3) is 4.47. The number of benzene rings is 10. The second-order valence-corrected chi connectivity index (χ2v) is 12.9. The van der Waals surface area contributed by atoms with Gasteiger partial charge in [-0.05, 0) is 95.3 Å². The highest BCUT2D eigenvalue weighted by atomic mass is 15.1. The number of hydrogen-bond donors (Lipinski definition) is 0. The molecule has 0 saturated heterocycles. The van der Waals surface area contributed by atoms with E-state index in [1.165, 1.54) is 75.8 Å². The van der Waals surface area contributed by atoms with Crippen LogP contribution in [0.1, 0.15) is 0 Å². The molecule has 0 amide bonds. The Morgan fingerprint density at radius 3 is 1.63 bits per heavy atom. The first kappa shape index (κ1) is 27.7. The lowest BCUT2D eigenvalue weighted by Gasteiger charge is -2.29. The molecule has 0 spiro atoms. The van der Waals surface area contributed by atoms with Crippen molar-refractivity contribution in [3.05, 3.63) is 188 Å². The van der Waals surface area contributed by atoms with Crippen LogP contribution >= 0.6 is 0 Å². The van der Waals surface area contributed by atoms with Gasteiger partial charge in [0.15, 0.2) is 0 Å². The van der Waals surface area contributed by atoms with Gasteiger partial charge in [0.25, 0.3) is 0 Å². The van der Waals surface area contributed by atoms with E-state index in [0.717, 1.165) is 17.1 Å². The van der Waals surface area contributed by atoms with Crippen molar-refractivity contribution in [1.29, 1.82) is 0 Å². The predicted octanol–water partition coefficient (Wildman–Crippen LogP) is 13.7. The highest BCUT2D eigenvalue weighted by molar-refractivity contribution is 6.30. The molecule has 0 aromatic heterocycles. The number of hydrogen-bond acceptors (Lipinski definition) is 1. The minimum absolute atomic E-state index is 1.12. The van der Waals surface area contributed by atoms with Gasteiger partial charge in [0.05, 0.1) is 5.69 Å². The third-order valence-corrected chi connectivity index (χ3v) is 10.1. The molecule has 1 nitrogen and oxygen atoms in total. The van der Waals surface area contributed by atoms with Crippen molar-refractivity contribution in [3.8, 4) is 11.1 Å². The van der Waals surface area contributed by atoms with Gasteiger partial charge in [0.1, 0.15) is 0 Å². The van der Waals surface area contributed by atoms with E-state index < -0.39 is 0 Å². The zero-order valence-corrected chi connectivity index (χ0v) is 26.8. The normalized spacial score (nSPS) is 11.7. The van der Waals surface area contributed by atoms with Crippen LogP contribution in [-0.4, -0.2) is 0 Å². The van der Waals surface area contributed by atoms with Gasteiger partial charge < -0.3 is 4.90 Å². The average Bonchev–Trinajstić information content (AvgIpc) is 3.17. The summed E-state index contributed by atoms with van der Waals surface area (Å²) in [4.78, 5) is 2.47. The molecule has 10 aromatic rings. The summed E-state index contributed by atoms with van der Waals surface area (Å²) in [7, 11) is 0. The Balaban J connectivity index is 1.31. The van der Waals surface area contributed by atoms with E-state index >= 15 is 0 Å². The Hall–Kier alpha value is -6.44. The third-order valence-electron chi connectivity index (χ3n) is 10.1. The molecule has 49 heavy (non-hydrogen) atoms. The summed E-state index contributed by atoms with van der Waals surface area (Å²) < 4.78 is 0. The zero-order chi connectivity index (χ0) is 32.3. The Kier molecular flexibility index (Phi) is 6.25. The van der Waals surface area contributed by atoms with Gasteiger partial charge >= 0.3 is 0 Å². The van der Waals surface area contributed by atoms with Gasteiger partial charge in [-0.25, -0.2) is 0 Å². The number of fused-ring (bicyclic) bond motifs is 9. The van der Waals surface area contributed by atoms with Gasteiger partial charge in [0.2, 0.25) is 0 Å². The largest absolute Gasteiger partial charge is 0.310 e. The van der Waals surface area contributed by atoms with E-state index in [1.807, 2.05) is 0 Å². The molecule has 0 unspecified atom stereocenters. The smallest absolute Gasteiger partial charge is 0.0546 e. The number of nitrogens with zero attached hydrogens (tertiary/aromatic N) is 1. The molecule has 0 aliphatic rings. The number of rotatable bonds is 4. The standard InChI is InChI=1S/C48H31N/c1-2-15-36-29-40(27-25-32(36)11-1)49(39-18-9-17-37(30-39)42-22-10-16-33-12-3-6-19-41(33)42)46-31-38-24-23-34-13-4-7-20-43(34)47(38)48-44-21-8-5-14-35(44)26-28-45(46)48/h1-31H. The van der Waals surface area contributed by atoms with Crippen molar-refractivity contribution in [2.75, 3.05) is 4.90 Å². The summed E-state index contributed by atoms with van der Waals surface area (Å²) in [5.74, 6) is 0. The van der Waals surface area contributed by atoms with Crippen LogP contribution in [0.2, 0.25) is 0 Å². The monoisotopic (exact) mass is 621 g/mol. The minimum Gasteiger partial charge on any atom is -0.310 e. The van der Waals surface area contributed by atoms with Crippen LogP contribution in [-0.2, 0) is 0 Å². The van der Waals surface area contributed by atoms with Crippen molar-refractivity contribution < 1.29 is 0 Å². The molecule has 0 N–H and O–H groups in total. The lowest BCUT2D eigenvalue weighted by atomic mass is 9.91. The van der Waals surface area contributed by atoms with Gasteiger partial charge in [0, 0.05) is 22.1 Å². The SMILES string of the molecule is c1cc(-c2cccc3ccccc23)cc(N(c2ccc3ccccc3c2)c2cc3ccc4ccccc4c3c3c2ccc2ccccc23)c1. The highest BCUT2D eigenvalue weighted by Gasteiger charge is 2.20. The van der Waals surface area contributed by atoms with Crippen LogP contribution in [0.3, 0.4) is 0 Å². The second kappa shape index (κ2) is 11.1. The zero-order valence-electron chi connectivity index (χ0n) is 26.8. The fourth-order valence-corrected chi connectivity index (χ4v) is 7.88. The van der Waals surface area contributed by atoms with E-state index in [4.69, 9.17) is 0 Å². The summed E-state index contributed by atoms with van der Waals surface area (Å²) in [5, 5.41) is 15.1. The first-order valence-corrected chi connectivity index (χ1v) is 16.9. The topological polar surface area (TPSA) is 3.24 Å². The van der Waals surface area contributed by atoms with E-state index in [2.05, 4.69) is 193 Å². The summed E-state index contributed by atoms with van der Waals surface area (Å²) in [5.41, 5.74) is 5.84. The van der Waals surface area contributed by atoms with E-state index in [1.54, 1.807) is 0 Å². The molecule has 0 aliphatic carbocycles. The molecule has 0 atom stereocenters. The lowest BCUT2D eigenvalue weighted by molar-refractivity contribution is 1.31. The molecule has 0 bridgehead atoms. The molecule has 0 saturated carbocycles. The summed E-state index contributed by atoms with van der Waals surface area (Å²) in [6, 6.07) is 69.0. The van der Waals surface area contributed by atoms with Crippen molar-refractivity contribution >= 4 is 81.7 Å². The van der Waals surface area contributed by atoms with Crippen molar-refractivity contribution in [3.63, 3.8) is 0 Å². The van der Waals surface area contributed by atoms with Gasteiger partial charge in [-0.15, -0.1) is 0 Å². The molecule has 228 valence electrons. The van der Waals surface area contributed by atoms with Crippen LogP contribution in [0.4, 0.5) is 17.1 Å². The van der Waals surface area contributed by atoms with E-state index in [0.29, 0.717) is 0 Å². The lowest BCUT2D eigenvalue weighted by Crippen LogP contribution is -2.11. The molecule has 0 fully saturated rings. The first-order chi connectivity index (χ1) is 24.3. The molecular formula is C48H31N. The molecule has 10 rings (SSSR count). The molecule has 1 heteroatoms. The molecule has 0 aliphatic heterocycles. The van der Waals surface area contributed by atoms with E-state index in [-0.39, 0.29) is 0 Å². The average molecular weight is 622 g/mol. The van der Waals surface area contributed by atoms with Crippen LogP contribution < -0.4 is 4.90 Å². The fourth-order valence-electron chi connectivity index (χ4n) is 7.88. The Bertz CT molecular complexity index is 2890. The first-order valence-electron chi connectivity index (χ1n) is 16.9. The van der Waals surface area contributed by atoms with Crippen molar-refractivity contribution in [2.24, 2.45) is 0 Å². The Labute approximate surface area is 284 Å². The minimum atomic E-state index is 1.12. The van der Waals surface area contributed by atoms with Crippen molar-refractivity contribution in [2.45, 2.75) is 0 Å². The quantitative estimate of drug-likeness (QED) is 0.177. The maximum atomic E-state index is 2.47. The maximum Gasteiger partial charge on any atom is 0.0546 e. The molecular weight excluding hydrogens is 591 g/mol. The van der Waals surface area contributed by atoms with E-state index in [9.17, 15) is 0 Å². The summed E-state index contributed by atoms with van der Waals surface area (Å²) in [6.45, 7) is 0. The highest BCUT2D eigenvalue weighted by Crippen LogP contribution is 2.46. The van der Waals surface area contributed by atoms with Crippen LogP contribution in [0.25, 0.3) is 75.8 Å². The van der Waals surface area contributed by atoms with Gasteiger partial charge in [-0.3, -0.25) is 0 Å². The Morgan fingerprint density at radius 1 is 0.286 bits per heavy atom. The van der Waals surface area contributed by atoms with Crippen molar-refractivity contribution in [1.82, 2.24) is 0 Å². The fraction of sp³-hybridized carbons (Fsp3) is 0. The summed E-state index contributed by atoms with van der Waals surface area (Å²) in [6.07, 6.45) is 0. The molecule has 0 radical (unpaired) electrons. The summed E-state index contributed by atoms with van der Waals surface area (Å²) >= 11 is 0.